The molecule has 2 N–H and O–H groups in total. The summed E-state index contributed by atoms with van der Waals surface area (Å²) in [6.45, 7) is 9.99. The summed E-state index contributed by atoms with van der Waals surface area (Å²) in [5.41, 5.74) is 2.34. The Balaban J connectivity index is 2.00. The Morgan fingerprint density at radius 2 is 2.08 bits per heavy atom. The second kappa shape index (κ2) is 8.94. The van der Waals surface area contributed by atoms with E-state index in [1.807, 2.05) is 13.0 Å². The van der Waals surface area contributed by atoms with Crippen LogP contribution in [0.25, 0.3) is 0 Å². The van der Waals surface area contributed by atoms with Crippen LogP contribution >= 0.6 is 11.8 Å². The van der Waals surface area contributed by atoms with Crippen molar-refractivity contribution in [3.63, 3.8) is 0 Å². The molecule has 0 amide bonds. The maximum Gasteiger partial charge on any atom is 0.209 e. The average Bonchev–Trinajstić information content (AvgIpc) is 2.89. The van der Waals surface area contributed by atoms with Gasteiger partial charge in [0, 0.05) is 12.4 Å². The number of benzene rings is 1. The zero-order valence-corrected chi connectivity index (χ0v) is 15.6. The van der Waals surface area contributed by atoms with Crippen LogP contribution in [0.4, 0.5) is 0 Å². The predicted octanol–water partition coefficient (Wildman–Crippen LogP) is 3.13. The van der Waals surface area contributed by atoms with Crippen molar-refractivity contribution in [2.24, 2.45) is 0 Å². The number of nitrogens with two attached hydrogens (primary N) is 1. The molecule has 1 aromatic heterocycles. The van der Waals surface area contributed by atoms with Crippen molar-refractivity contribution >= 4 is 11.8 Å². The molecular formula is C17H26N4O2S. The largest absolute Gasteiger partial charge is 0.485 e. The van der Waals surface area contributed by atoms with Gasteiger partial charge in [0.05, 0.1) is 6.61 Å². The maximum absolute atomic E-state index is 6.06. The Labute approximate surface area is 147 Å². The average molecular weight is 350 g/mol. The monoisotopic (exact) mass is 350 g/mol. The Morgan fingerprint density at radius 3 is 2.79 bits per heavy atom. The number of thioether (sulfide) groups is 1. The van der Waals surface area contributed by atoms with Crippen LogP contribution < -0.4 is 10.6 Å². The van der Waals surface area contributed by atoms with Crippen molar-refractivity contribution in [2.45, 2.75) is 45.4 Å². The fourth-order valence-electron chi connectivity index (χ4n) is 2.23. The van der Waals surface area contributed by atoms with Gasteiger partial charge in [-0.3, -0.25) is 0 Å². The van der Waals surface area contributed by atoms with Crippen molar-refractivity contribution in [1.82, 2.24) is 14.9 Å². The van der Waals surface area contributed by atoms with E-state index in [-0.39, 0.29) is 0 Å². The first-order valence-electron chi connectivity index (χ1n) is 8.16. The summed E-state index contributed by atoms with van der Waals surface area (Å²) in [6, 6.07) is 6.25. The van der Waals surface area contributed by atoms with Gasteiger partial charge in [0.15, 0.2) is 5.82 Å². The minimum atomic E-state index is 0.290. The number of nitrogen functional groups attached to an aromatic ring is 1. The lowest BCUT2D eigenvalue weighted by atomic mass is 10.0. The first-order chi connectivity index (χ1) is 11.5. The fraction of sp³-hybridized carbons (Fsp3) is 0.529. The molecule has 0 unspecified atom stereocenters. The van der Waals surface area contributed by atoms with Crippen molar-refractivity contribution in [2.75, 3.05) is 24.8 Å². The van der Waals surface area contributed by atoms with E-state index in [2.05, 4.69) is 43.1 Å². The molecule has 0 fully saturated rings. The second-order valence-corrected chi connectivity index (χ2v) is 6.86. The number of rotatable bonds is 9. The molecule has 132 valence electrons. The van der Waals surface area contributed by atoms with Crippen LogP contribution in [0.5, 0.6) is 5.75 Å². The van der Waals surface area contributed by atoms with E-state index in [0.29, 0.717) is 36.7 Å². The van der Waals surface area contributed by atoms with Gasteiger partial charge in [-0.1, -0.05) is 37.7 Å². The van der Waals surface area contributed by atoms with Crippen LogP contribution in [0.2, 0.25) is 0 Å². The van der Waals surface area contributed by atoms with E-state index in [9.17, 15) is 0 Å². The Kier molecular flexibility index (Phi) is 6.93. The van der Waals surface area contributed by atoms with Crippen LogP contribution in [0.3, 0.4) is 0 Å². The standard InChI is InChI=1S/C17H26N4O2S/c1-5-22-8-9-24-17-20-19-16(21(17)18)11-23-15-10-13(4)6-7-14(15)12(2)3/h6-7,10,12H,5,8-9,11,18H2,1-4H3. The molecule has 1 aromatic carbocycles. The molecule has 0 radical (unpaired) electrons. The molecule has 0 aliphatic heterocycles. The van der Waals surface area contributed by atoms with E-state index in [4.69, 9.17) is 15.3 Å². The molecule has 6 nitrogen and oxygen atoms in total. The van der Waals surface area contributed by atoms with Crippen LogP contribution in [0, 0.1) is 6.92 Å². The van der Waals surface area contributed by atoms with Crippen LogP contribution in [0.15, 0.2) is 23.4 Å². The molecule has 0 spiro atoms. The molecule has 2 rings (SSSR count). The van der Waals surface area contributed by atoms with E-state index < -0.39 is 0 Å². The molecule has 24 heavy (non-hydrogen) atoms. The Morgan fingerprint density at radius 1 is 1.29 bits per heavy atom. The first kappa shape index (κ1) is 18.6. The van der Waals surface area contributed by atoms with Crippen LogP contribution in [0.1, 0.15) is 43.6 Å². The molecule has 0 bridgehead atoms. The number of hydrogen-bond donors (Lipinski definition) is 1. The van der Waals surface area contributed by atoms with Crippen LogP contribution in [-0.4, -0.2) is 33.8 Å². The third-order valence-corrected chi connectivity index (χ3v) is 4.45. The van der Waals surface area contributed by atoms with Gasteiger partial charge in [0.1, 0.15) is 12.4 Å². The number of hydrogen-bond acceptors (Lipinski definition) is 6. The first-order valence-corrected chi connectivity index (χ1v) is 9.14. The van der Waals surface area contributed by atoms with Gasteiger partial charge in [-0.05, 0) is 37.0 Å². The summed E-state index contributed by atoms with van der Waals surface area (Å²) in [6.07, 6.45) is 0. The molecule has 0 saturated carbocycles. The van der Waals surface area contributed by atoms with Gasteiger partial charge in [-0.25, -0.2) is 4.68 Å². The SMILES string of the molecule is CCOCCSc1nnc(COc2cc(C)ccc2C(C)C)n1N. The summed E-state index contributed by atoms with van der Waals surface area (Å²) in [4.78, 5) is 0. The predicted molar refractivity (Wildman–Crippen MR) is 97.0 cm³/mol. The molecule has 1 heterocycles. The third kappa shape index (κ3) is 4.88. The van der Waals surface area contributed by atoms with Crippen LogP contribution in [-0.2, 0) is 11.3 Å². The van der Waals surface area contributed by atoms with Gasteiger partial charge in [0.25, 0.3) is 0 Å². The number of aryl methyl sites for hydroxylation is 1. The Hall–Kier alpha value is -1.73. The molecule has 0 aliphatic rings. The van der Waals surface area contributed by atoms with Crippen molar-refractivity contribution in [3.05, 3.63) is 35.2 Å². The topological polar surface area (TPSA) is 75.2 Å². The van der Waals surface area contributed by atoms with Crippen molar-refractivity contribution in [3.8, 4) is 5.75 Å². The molecule has 7 heteroatoms. The highest BCUT2D eigenvalue weighted by atomic mass is 32.2. The van der Waals surface area contributed by atoms with Crippen molar-refractivity contribution < 1.29 is 9.47 Å². The molecule has 0 atom stereocenters. The summed E-state index contributed by atoms with van der Waals surface area (Å²) in [5.74, 6) is 8.72. The molecule has 0 aliphatic carbocycles. The minimum absolute atomic E-state index is 0.290. The lowest BCUT2D eigenvalue weighted by Crippen LogP contribution is -2.16. The summed E-state index contributed by atoms with van der Waals surface area (Å²) in [7, 11) is 0. The highest BCUT2D eigenvalue weighted by Gasteiger charge is 2.13. The number of nitrogens with zero attached hydrogens (tertiary/aromatic N) is 3. The maximum atomic E-state index is 6.06. The van der Waals surface area contributed by atoms with E-state index in [0.717, 1.165) is 17.1 Å². The van der Waals surface area contributed by atoms with Gasteiger partial charge >= 0.3 is 0 Å². The van der Waals surface area contributed by atoms with Gasteiger partial charge in [0.2, 0.25) is 5.16 Å². The summed E-state index contributed by atoms with van der Waals surface area (Å²) < 4.78 is 12.8. The summed E-state index contributed by atoms with van der Waals surface area (Å²) in [5, 5.41) is 8.91. The molecule has 2 aromatic rings. The smallest absolute Gasteiger partial charge is 0.209 e. The second-order valence-electron chi connectivity index (χ2n) is 5.80. The van der Waals surface area contributed by atoms with Gasteiger partial charge < -0.3 is 15.3 Å². The summed E-state index contributed by atoms with van der Waals surface area (Å²) >= 11 is 1.52. The zero-order chi connectivity index (χ0) is 17.5. The van der Waals surface area contributed by atoms with Gasteiger partial charge in [-0.2, -0.15) is 0 Å². The number of aromatic nitrogens is 3. The third-order valence-electron chi connectivity index (χ3n) is 3.55. The van der Waals surface area contributed by atoms with E-state index in [1.54, 1.807) is 0 Å². The fourth-order valence-corrected chi connectivity index (χ4v) is 2.95. The molecular weight excluding hydrogens is 324 g/mol. The highest BCUT2D eigenvalue weighted by Crippen LogP contribution is 2.28. The lowest BCUT2D eigenvalue weighted by molar-refractivity contribution is 0.164. The quantitative estimate of drug-likeness (QED) is 0.425. The Bertz CT molecular complexity index is 658. The highest BCUT2D eigenvalue weighted by molar-refractivity contribution is 7.99. The lowest BCUT2D eigenvalue weighted by Gasteiger charge is -2.14. The number of ether oxygens (including phenoxy) is 2. The van der Waals surface area contributed by atoms with E-state index in [1.165, 1.54) is 22.0 Å². The van der Waals surface area contributed by atoms with Crippen molar-refractivity contribution in [1.29, 1.82) is 0 Å². The zero-order valence-electron chi connectivity index (χ0n) is 14.8. The van der Waals surface area contributed by atoms with E-state index >= 15 is 0 Å². The molecule has 0 saturated heterocycles. The van der Waals surface area contributed by atoms with Gasteiger partial charge in [-0.15, -0.1) is 10.2 Å². The normalized spacial score (nSPS) is 11.2. The minimum Gasteiger partial charge on any atom is -0.485 e.